The van der Waals surface area contributed by atoms with Crippen molar-refractivity contribution >= 4 is 11.9 Å². The van der Waals surface area contributed by atoms with Gasteiger partial charge < -0.3 is 15.2 Å². The van der Waals surface area contributed by atoms with Crippen molar-refractivity contribution in [3.63, 3.8) is 0 Å². The molecule has 2 N–H and O–H groups in total. The van der Waals surface area contributed by atoms with Gasteiger partial charge in [-0.15, -0.1) is 0 Å². The van der Waals surface area contributed by atoms with Crippen molar-refractivity contribution in [3.8, 4) is 11.8 Å². The summed E-state index contributed by atoms with van der Waals surface area (Å²) in [5.41, 5.74) is 0.495. The van der Waals surface area contributed by atoms with Gasteiger partial charge in [0.1, 0.15) is 11.8 Å². The van der Waals surface area contributed by atoms with E-state index in [1.165, 1.54) is 0 Å². The lowest BCUT2D eigenvalue weighted by Crippen LogP contribution is -2.46. The van der Waals surface area contributed by atoms with Gasteiger partial charge in [0.2, 0.25) is 0 Å². The van der Waals surface area contributed by atoms with Crippen LogP contribution in [0.2, 0.25) is 0 Å². The van der Waals surface area contributed by atoms with E-state index in [4.69, 9.17) is 15.1 Å². The highest BCUT2D eigenvalue weighted by atomic mass is 16.5. The van der Waals surface area contributed by atoms with Gasteiger partial charge in [0, 0.05) is 0 Å². The Labute approximate surface area is 123 Å². The van der Waals surface area contributed by atoms with E-state index in [9.17, 15) is 9.59 Å². The Balaban J connectivity index is 2.52. The SMILES string of the molecule is CCC(C)[C@H](NC(=O)COc1ccc(C#N)cc1)C(=O)O. The van der Waals surface area contributed by atoms with Gasteiger partial charge in [-0.25, -0.2) is 4.79 Å². The number of rotatable bonds is 7. The molecule has 0 aliphatic heterocycles. The molecule has 6 heteroatoms. The summed E-state index contributed by atoms with van der Waals surface area (Å²) in [5, 5.41) is 20.2. The molecule has 0 aliphatic carbocycles. The first-order chi connectivity index (χ1) is 9.97. The van der Waals surface area contributed by atoms with Crippen molar-refractivity contribution in [1.29, 1.82) is 5.26 Å². The van der Waals surface area contributed by atoms with Crippen molar-refractivity contribution in [3.05, 3.63) is 29.8 Å². The van der Waals surface area contributed by atoms with Gasteiger partial charge in [0.05, 0.1) is 11.6 Å². The molecule has 0 fully saturated rings. The summed E-state index contributed by atoms with van der Waals surface area (Å²) in [4.78, 5) is 22.8. The predicted molar refractivity (Wildman–Crippen MR) is 75.7 cm³/mol. The lowest BCUT2D eigenvalue weighted by Gasteiger charge is -2.20. The van der Waals surface area contributed by atoms with E-state index in [1.807, 2.05) is 13.0 Å². The lowest BCUT2D eigenvalue weighted by atomic mass is 9.99. The van der Waals surface area contributed by atoms with Crippen molar-refractivity contribution < 1.29 is 19.4 Å². The summed E-state index contributed by atoms with van der Waals surface area (Å²) in [6.07, 6.45) is 0.647. The fourth-order valence-corrected chi connectivity index (χ4v) is 1.67. The first kappa shape index (κ1) is 16.5. The Morgan fingerprint density at radius 1 is 1.38 bits per heavy atom. The van der Waals surface area contributed by atoms with E-state index >= 15 is 0 Å². The number of carbonyl (C=O) groups excluding carboxylic acids is 1. The highest BCUT2D eigenvalue weighted by molar-refractivity contribution is 5.84. The number of carboxylic acid groups (broad SMARTS) is 1. The van der Waals surface area contributed by atoms with E-state index in [2.05, 4.69) is 5.32 Å². The summed E-state index contributed by atoms with van der Waals surface area (Å²) in [6.45, 7) is 3.35. The molecule has 0 aliphatic rings. The first-order valence-corrected chi connectivity index (χ1v) is 6.63. The molecule has 1 aromatic rings. The lowest BCUT2D eigenvalue weighted by molar-refractivity contribution is -0.143. The molecule has 0 saturated carbocycles. The van der Waals surface area contributed by atoms with Crippen LogP contribution in [-0.2, 0) is 9.59 Å². The third-order valence-corrected chi connectivity index (χ3v) is 3.15. The molecule has 0 aromatic heterocycles. The van der Waals surface area contributed by atoms with Crippen molar-refractivity contribution in [2.24, 2.45) is 5.92 Å². The Kier molecular flexibility index (Phi) is 6.21. The smallest absolute Gasteiger partial charge is 0.326 e. The third kappa shape index (κ3) is 5.15. The van der Waals surface area contributed by atoms with Gasteiger partial charge in [-0.2, -0.15) is 5.26 Å². The molecule has 112 valence electrons. The normalized spacial score (nSPS) is 12.8. The van der Waals surface area contributed by atoms with Gasteiger partial charge >= 0.3 is 5.97 Å². The second-order valence-corrected chi connectivity index (χ2v) is 4.69. The van der Waals surface area contributed by atoms with Crippen LogP contribution < -0.4 is 10.1 Å². The number of carbonyl (C=O) groups is 2. The van der Waals surface area contributed by atoms with Gasteiger partial charge in [-0.05, 0) is 30.2 Å². The number of hydrogen-bond donors (Lipinski definition) is 2. The maximum atomic E-state index is 11.7. The van der Waals surface area contributed by atoms with Gasteiger partial charge in [-0.1, -0.05) is 20.3 Å². The van der Waals surface area contributed by atoms with E-state index in [0.717, 1.165) is 0 Å². The van der Waals surface area contributed by atoms with Gasteiger partial charge in [0.25, 0.3) is 5.91 Å². The quantitative estimate of drug-likeness (QED) is 0.793. The molecule has 0 spiro atoms. The number of nitrogens with zero attached hydrogens (tertiary/aromatic N) is 1. The molecular formula is C15H18N2O4. The van der Waals surface area contributed by atoms with Crippen LogP contribution in [0.25, 0.3) is 0 Å². The molecule has 1 unspecified atom stereocenters. The van der Waals surface area contributed by atoms with Crippen LogP contribution in [0.5, 0.6) is 5.75 Å². The van der Waals surface area contributed by atoms with Crippen LogP contribution in [0.15, 0.2) is 24.3 Å². The minimum Gasteiger partial charge on any atom is -0.484 e. The fraction of sp³-hybridized carbons (Fsp3) is 0.400. The number of hydrogen-bond acceptors (Lipinski definition) is 4. The predicted octanol–water partition coefficient (Wildman–Crippen LogP) is 1.55. The minimum atomic E-state index is -1.06. The van der Waals surface area contributed by atoms with E-state index in [0.29, 0.717) is 17.7 Å². The summed E-state index contributed by atoms with van der Waals surface area (Å²) in [5.74, 6) is -1.27. The number of carboxylic acids is 1. The second-order valence-electron chi connectivity index (χ2n) is 4.69. The highest BCUT2D eigenvalue weighted by Crippen LogP contribution is 2.12. The molecule has 2 atom stereocenters. The summed E-state index contributed by atoms with van der Waals surface area (Å²) < 4.78 is 5.25. The van der Waals surface area contributed by atoms with Crippen LogP contribution in [0.1, 0.15) is 25.8 Å². The van der Waals surface area contributed by atoms with Crippen molar-refractivity contribution in [2.45, 2.75) is 26.3 Å². The Hall–Kier alpha value is -2.55. The average Bonchev–Trinajstić information content (AvgIpc) is 2.50. The monoisotopic (exact) mass is 290 g/mol. The molecule has 1 amide bonds. The van der Waals surface area contributed by atoms with E-state index < -0.39 is 17.9 Å². The minimum absolute atomic E-state index is 0.165. The molecule has 0 radical (unpaired) electrons. The Morgan fingerprint density at radius 3 is 2.48 bits per heavy atom. The summed E-state index contributed by atoms with van der Waals surface area (Å²) >= 11 is 0. The standard InChI is InChI=1S/C15H18N2O4/c1-3-10(2)14(15(19)20)17-13(18)9-21-12-6-4-11(8-16)5-7-12/h4-7,10,14H,3,9H2,1-2H3,(H,17,18)(H,19,20)/t10?,14-/m0/s1. The molecule has 1 aromatic carbocycles. The van der Waals surface area contributed by atoms with Gasteiger partial charge in [-0.3, -0.25) is 4.79 Å². The molecular weight excluding hydrogens is 272 g/mol. The van der Waals surface area contributed by atoms with E-state index in [1.54, 1.807) is 31.2 Å². The molecule has 6 nitrogen and oxygen atoms in total. The summed E-state index contributed by atoms with van der Waals surface area (Å²) in [6, 6.07) is 7.36. The van der Waals surface area contributed by atoms with Gasteiger partial charge in [0.15, 0.2) is 6.61 Å². The zero-order chi connectivity index (χ0) is 15.8. The number of benzene rings is 1. The molecule has 0 heterocycles. The number of nitriles is 1. The largest absolute Gasteiger partial charge is 0.484 e. The fourth-order valence-electron chi connectivity index (χ4n) is 1.67. The molecule has 21 heavy (non-hydrogen) atoms. The maximum absolute atomic E-state index is 11.7. The number of ether oxygens (including phenoxy) is 1. The van der Waals surface area contributed by atoms with Crippen LogP contribution >= 0.6 is 0 Å². The second kappa shape index (κ2) is 7.90. The van der Waals surface area contributed by atoms with Crippen LogP contribution in [0, 0.1) is 17.2 Å². The third-order valence-electron chi connectivity index (χ3n) is 3.15. The molecule has 1 rings (SSSR count). The first-order valence-electron chi connectivity index (χ1n) is 6.63. The number of nitrogens with one attached hydrogen (secondary N) is 1. The highest BCUT2D eigenvalue weighted by Gasteiger charge is 2.25. The van der Waals surface area contributed by atoms with E-state index in [-0.39, 0.29) is 12.5 Å². The Morgan fingerprint density at radius 2 is 2.00 bits per heavy atom. The average molecular weight is 290 g/mol. The van der Waals surface area contributed by atoms with Crippen LogP contribution in [0.4, 0.5) is 0 Å². The molecule has 0 bridgehead atoms. The topological polar surface area (TPSA) is 99.4 Å². The van der Waals surface area contributed by atoms with Crippen molar-refractivity contribution in [2.75, 3.05) is 6.61 Å². The van der Waals surface area contributed by atoms with Crippen LogP contribution in [0.3, 0.4) is 0 Å². The maximum Gasteiger partial charge on any atom is 0.326 e. The Bertz CT molecular complexity index is 534. The molecule has 0 saturated heterocycles. The number of aliphatic carboxylic acids is 1. The zero-order valence-electron chi connectivity index (χ0n) is 12.0. The van der Waals surface area contributed by atoms with Crippen LogP contribution in [-0.4, -0.2) is 29.6 Å². The van der Waals surface area contributed by atoms with Crippen molar-refractivity contribution in [1.82, 2.24) is 5.32 Å². The summed E-state index contributed by atoms with van der Waals surface area (Å²) in [7, 11) is 0. The number of amides is 1. The zero-order valence-corrected chi connectivity index (χ0v) is 12.0.